The summed E-state index contributed by atoms with van der Waals surface area (Å²) in [7, 11) is -2.09. The molecule has 1 fully saturated rings. The molecular weight excluding hydrogens is 276 g/mol. The Hall–Kier alpha value is -1.40. The Morgan fingerprint density at radius 3 is 2.70 bits per heavy atom. The molecule has 110 valence electrons. The van der Waals surface area contributed by atoms with Crippen molar-refractivity contribution in [3.05, 3.63) is 24.3 Å². The van der Waals surface area contributed by atoms with Gasteiger partial charge in [0.05, 0.1) is 5.69 Å². The third-order valence-corrected chi connectivity index (χ3v) is 5.22. The lowest BCUT2D eigenvalue weighted by Gasteiger charge is -2.34. The van der Waals surface area contributed by atoms with Crippen molar-refractivity contribution in [2.45, 2.75) is 24.7 Å². The molecule has 1 aliphatic heterocycles. The fraction of sp³-hybridized carbons (Fsp3) is 0.500. The minimum Gasteiger partial charge on any atom is -0.370 e. The number of rotatable bonds is 4. The maximum atomic E-state index is 12.1. The average Bonchev–Trinajstić information content (AvgIpc) is 2.47. The maximum Gasteiger partial charge on any atom is 0.242 e. The predicted molar refractivity (Wildman–Crippen MR) is 78.3 cm³/mol. The lowest BCUT2D eigenvalue weighted by molar-refractivity contribution is -0.120. The van der Waals surface area contributed by atoms with Crippen LogP contribution in [0.1, 0.15) is 19.8 Å². The van der Waals surface area contributed by atoms with Crippen molar-refractivity contribution in [3.8, 4) is 0 Å². The standard InChI is InChI=1S/C14H20N2O3S/c1-11(17)12-6-5-9-16(10-12)13-7-3-4-8-14(13)20(18,19)15-2/h3-4,7-8,12,15H,5-6,9-10H2,1-2H3. The fourth-order valence-electron chi connectivity index (χ4n) is 2.58. The first-order valence-corrected chi connectivity index (χ1v) is 8.22. The number of anilines is 1. The van der Waals surface area contributed by atoms with Crippen LogP contribution in [0.5, 0.6) is 0 Å². The van der Waals surface area contributed by atoms with Crippen molar-refractivity contribution < 1.29 is 13.2 Å². The number of piperidine rings is 1. The molecular formula is C14H20N2O3S. The number of carbonyl (C=O) groups is 1. The quantitative estimate of drug-likeness (QED) is 0.912. The first-order chi connectivity index (χ1) is 9.45. The molecule has 1 aromatic rings. The van der Waals surface area contributed by atoms with Gasteiger partial charge >= 0.3 is 0 Å². The summed E-state index contributed by atoms with van der Waals surface area (Å²) in [4.78, 5) is 13.8. The summed E-state index contributed by atoms with van der Waals surface area (Å²) in [5.41, 5.74) is 0.674. The molecule has 0 bridgehead atoms. The Morgan fingerprint density at radius 2 is 2.05 bits per heavy atom. The Balaban J connectivity index is 2.36. The first-order valence-electron chi connectivity index (χ1n) is 6.73. The van der Waals surface area contributed by atoms with E-state index in [0.29, 0.717) is 12.2 Å². The first kappa shape index (κ1) is 15.0. The number of ketones is 1. The molecule has 1 N–H and O–H groups in total. The number of para-hydroxylation sites is 1. The van der Waals surface area contributed by atoms with E-state index in [1.807, 2.05) is 11.0 Å². The molecule has 1 unspecified atom stereocenters. The summed E-state index contributed by atoms with van der Waals surface area (Å²) in [6.07, 6.45) is 1.78. The van der Waals surface area contributed by atoms with Crippen LogP contribution in [0.2, 0.25) is 0 Å². The SMILES string of the molecule is CNS(=O)(=O)c1ccccc1N1CCCC(C(C)=O)C1. The van der Waals surface area contributed by atoms with Crippen LogP contribution < -0.4 is 9.62 Å². The summed E-state index contributed by atoms with van der Waals surface area (Å²) in [5.74, 6) is 0.165. The summed E-state index contributed by atoms with van der Waals surface area (Å²) >= 11 is 0. The Bertz CT molecular complexity index is 598. The molecule has 0 radical (unpaired) electrons. The zero-order valence-corrected chi connectivity index (χ0v) is 12.6. The zero-order chi connectivity index (χ0) is 14.8. The second-order valence-electron chi connectivity index (χ2n) is 5.07. The molecule has 1 atom stereocenters. The highest BCUT2D eigenvalue weighted by Gasteiger charge is 2.27. The van der Waals surface area contributed by atoms with Crippen molar-refractivity contribution in [1.29, 1.82) is 0 Å². The summed E-state index contributed by atoms with van der Waals surface area (Å²) in [6.45, 7) is 2.97. The lowest BCUT2D eigenvalue weighted by atomic mass is 9.94. The highest BCUT2D eigenvalue weighted by Crippen LogP contribution is 2.29. The van der Waals surface area contributed by atoms with Crippen molar-refractivity contribution in [1.82, 2.24) is 4.72 Å². The van der Waals surface area contributed by atoms with Gasteiger partial charge in [-0.3, -0.25) is 4.79 Å². The third kappa shape index (κ3) is 3.02. The van der Waals surface area contributed by atoms with E-state index in [2.05, 4.69) is 4.72 Å². The average molecular weight is 296 g/mol. The van der Waals surface area contributed by atoms with Gasteiger partial charge in [-0.1, -0.05) is 12.1 Å². The van der Waals surface area contributed by atoms with E-state index in [9.17, 15) is 13.2 Å². The summed E-state index contributed by atoms with van der Waals surface area (Å²) < 4.78 is 26.5. The number of carbonyl (C=O) groups excluding carboxylic acids is 1. The number of benzene rings is 1. The second kappa shape index (κ2) is 5.93. The lowest BCUT2D eigenvalue weighted by Crippen LogP contribution is -2.39. The van der Waals surface area contributed by atoms with E-state index < -0.39 is 10.0 Å². The van der Waals surface area contributed by atoms with Crippen LogP contribution in [0.3, 0.4) is 0 Å². The third-order valence-electron chi connectivity index (χ3n) is 3.76. The molecule has 0 saturated carbocycles. The minimum absolute atomic E-state index is 0.00547. The van der Waals surface area contributed by atoms with Crippen LogP contribution >= 0.6 is 0 Å². The van der Waals surface area contributed by atoms with Gasteiger partial charge in [-0.2, -0.15) is 0 Å². The summed E-state index contributed by atoms with van der Waals surface area (Å²) in [5, 5.41) is 0. The Kier molecular flexibility index (Phi) is 4.45. The van der Waals surface area contributed by atoms with Crippen molar-refractivity contribution in [3.63, 3.8) is 0 Å². The molecule has 1 aromatic carbocycles. The molecule has 0 aliphatic carbocycles. The fourth-order valence-corrected chi connectivity index (χ4v) is 3.53. The van der Waals surface area contributed by atoms with Gasteiger partial charge in [0.1, 0.15) is 10.7 Å². The minimum atomic E-state index is -3.49. The van der Waals surface area contributed by atoms with Crippen LogP contribution in [-0.2, 0) is 14.8 Å². The van der Waals surface area contributed by atoms with Crippen LogP contribution in [0.15, 0.2) is 29.2 Å². The van der Waals surface area contributed by atoms with Gasteiger partial charge in [0, 0.05) is 19.0 Å². The monoisotopic (exact) mass is 296 g/mol. The van der Waals surface area contributed by atoms with E-state index in [-0.39, 0.29) is 16.6 Å². The molecule has 0 amide bonds. The number of nitrogens with zero attached hydrogens (tertiary/aromatic N) is 1. The number of nitrogens with one attached hydrogen (secondary N) is 1. The van der Waals surface area contributed by atoms with Gasteiger partial charge in [-0.05, 0) is 38.9 Å². The molecule has 1 heterocycles. The van der Waals surface area contributed by atoms with Gasteiger partial charge in [0.2, 0.25) is 10.0 Å². The van der Waals surface area contributed by atoms with Gasteiger partial charge in [-0.25, -0.2) is 13.1 Å². The molecule has 1 saturated heterocycles. The van der Waals surface area contributed by atoms with Gasteiger partial charge in [0.15, 0.2) is 0 Å². The number of hydrogen-bond donors (Lipinski definition) is 1. The van der Waals surface area contributed by atoms with E-state index in [0.717, 1.165) is 19.4 Å². The molecule has 0 aromatic heterocycles. The smallest absolute Gasteiger partial charge is 0.242 e. The van der Waals surface area contributed by atoms with E-state index in [1.54, 1.807) is 25.1 Å². The van der Waals surface area contributed by atoms with Gasteiger partial charge < -0.3 is 4.90 Å². The van der Waals surface area contributed by atoms with Crippen molar-refractivity contribution >= 4 is 21.5 Å². The van der Waals surface area contributed by atoms with E-state index >= 15 is 0 Å². The molecule has 1 aliphatic rings. The molecule has 5 nitrogen and oxygen atoms in total. The molecule has 0 spiro atoms. The molecule has 2 rings (SSSR count). The van der Waals surface area contributed by atoms with Crippen LogP contribution in [0.25, 0.3) is 0 Å². The van der Waals surface area contributed by atoms with E-state index in [1.165, 1.54) is 7.05 Å². The normalized spacial score (nSPS) is 19.9. The van der Waals surface area contributed by atoms with Gasteiger partial charge in [-0.15, -0.1) is 0 Å². The Morgan fingerprint density at radius 1 is 1.35 bits per heavy atom. The number of sulfonamides is 1. The van der Waals surface area contributed by atoms with Crippen LogP contribution in [-0.4, -0.2) is 34.3 Å². The summed E-state index contributed by atoms with van der Waals surface area (Å²) in [6, 6.07) is 6.92. The van der Waals surface area contributed by atoms with Crippen molar-refractivity contribution in [2.75, 3.05) is 25.0 Å². The highest BCUT2D eigenvalue weighted by atomic mass is 32.2. The second-order valence-corrected chi connectivity index (χ2v) is 6.93. The van der Waals surface area contributed by atoms with Crippen molar-refractivity contribution in [2.24, 2.45) is 5.92 Å². The van der Waals surface area contributed by atoms with Crippen LogP contribution in [0, 0.1) is 5.92 Å². The predicted octanol–water partition coefficient (Wildman–Crippen LogP) is 1.40. The van der Waals surface area contributed by atoms with E-state index in [4.69, 9.17) is 0 Å². The Labute approximate surface area is 120 Å². The van der Waals surface area contributed by atoms with Crippen LogP contribution in [0.4, 0.5) is 5.69 Å². The zero-order valence-electron chi connectivity index (χ0n) is 11.8. The number of hydrogen-bond acceptors (Lipinski definition) is 4. The topological polar surface area (TPSA) is 66.5 Å². The van der Waals surface area contributed by atoms with Gasteiger partial charge in [0.25, 0.3) is 0 Å². The number of Topliss-reactive ketones (excluding diaryl/α,β-unsaturated/α-hetero) is 1. The maximum absolute atomic E-state index is 12.1. The largest absolute Gasteiger partial charge is 0.370 e. The molecule has 20 heavy (non-hydrogen) atoms. The highest BCUT2D eigenvalue weighted by molar-refractivity contribution is 7.89. The molecule has 6 heteroatoms.